The van der Waals surface area contributed by atoms with Gasteiger partial charge in [0.05, 0.1) is 17.8 Å². The maximum absolute atomic E-state index is 13.5. The van der Waals surface area contributed by atoms with Crippen molar-refractivity contribution in [2.45, 2.75) is 6.10 Å². The van der Waals surface area contributed by atoms with Gasteiger partial charge in [-0.1, -0.05) is 6.07 Å². The van der Waals surface area contributed by atoms with Gasteiger partial charge in [0.25, 0.3) is 0 Å². The third kappa shape index (κ3) is 2.35. The van der Waals surface area contributed by atoms with Crippen molar-refractivity contribution >= 4 is 15.9 Å². The van der Waals surface area contributed by atoms with Gasteiger partial charge in [-0.15, -0.1) is 0 Å². The van der Waals surface area contributed by atoms with Crippen molar-refractivity contribution in [3.63, 3.8) is 0 Å². The van der Waals surface area contributed by atoms with E-state index in [9.17, 15) is 9.50 Å². The van der Waals surface area contributed by atoms with Crippen molar-refractivity contribution in [2.75, 3.05) is 7.11 Å². The van der Waals surface area contributed by atoms with Gasteiger partial charge in [-0.05, 0) is 39.7 Å². The van der Waals surface area contributed by atoms with E-state index in [2.05, 4.69) is 15.9 Å². The summed E-state index contributed by atoms with van der Waals surface area (Å²) in [6.45, 7) is 0. The lowest BCUT2D eigenvalue weighted by Crippen LogP contribution is -2.00. The largest absolute Gasteiger partial charge is 0.494 e. The van der Waals surface area contributed by atoms with Crippen LogP contribution in [0.25, 0.3) is 0 Å². The SMILES string of the molecule is COc1ccc(C(O)c2occc2Br)cc1F. The number of ether oxygens (including phenoxy) is 1. The maximum Gasteiger partial charge on any atom is 0.165 e. The van der Waals surface area contributed by atoms with Crippen molar-refractivity contribution < 1.29 is 18.7 Å². The number of aliphatic hydroxyl groups is 1. The van der Waals surface area contributed by atoms with Gasteiger partial charge in [0.2, 0.25) is 0 Å². The highest BCUT2D eigenvalue weighted by molar-refractivity contribution is 9.10. The summed E-state index contributed by atoms with van der Waals surface area (Å²) in [5.41, 5.74) is 0.402. The van der Waals surface area contributed by atoms with Crippen molar-refractivity contribution in [1.82, 2.24) is 0 Å². The van der Waals surface area contributed by atoms with Crippen LogP contribution < -0.4 is 4.74 Å². The first-order valence-corrected chi connectivity index (χ1v) is 5.67. The molecule has 0 amide bonds. The molecule has 0 saturated carbocycles. The predicted molar refractivity (Wildman–Crippen MR) is 63.4 cm³/mol. The number of hydrogen-bond donors (Lipinski definition) is 1. The highest BCUT2D eigenvalue weighted by Crippen LogP contribution is 2.31. The molecule has 1 unspecified atom stereocenters. The van der Waals surface area contributed by atoms with E-state index in [4.69, 9.17) is 9.15 Å². The molecule has 0 saturated heterocycles. The number of benzene rings is 1. The Labute approximate surface area is 106 Å². The number of halogens is 2. The van der Waals surface area contributed by atoms with Crippen molar-refractivity contribution in [3.8, 4) is 5.75 Å². The molecule has 0 aliphatic heterocycles. The highest BCUT2D eigenvalue weighted by atomic mass is 79.9. The molecule has 3 nitrogen and oxygen atoms in total. The summed E-state index contributed by atoms with van der Waals surface area (Å²) in [4.78, 5) is 0. The Morgan fingerprint density at radius 1 is 1.41 bits per heavy atom. The van der Waals surface area contributed by atoms with Crippen LogP contribution in [-0.4, -0.2) is 12.2 Å². The smallest absolute Gasteiger partial charge is 0.165 e. The van der Waals surface area contributed by atoms with E-state index in [0.717, 1.165) is 0 Å². The van der Waals surface area contributed by atoms with Crippen LogP contribution in [0.3, 0.4) is 0 Å². The number of aliphatic hydroxyl groups excluding tert-OH is 1. The predicted octanol–water partition coefficient (Wildman–Crippen LogP) is 3.27. The van der Waals surface area contributed by atoms with Gasteiger partial charge in [-0.3, -0.25) is 0 Å². The fourth-order valence-corrected chi connectivity index (χ4v) is 1.92. The molecule has 17 heavy (non-hydrogen) atoms. The molecule has 1 heterocycles. The minimum atomic E-state index is -1.01. The van der Waals surface area contributed by atoms with Crippen molar-refractivity contribution in [3.05, 3.63) is 52.1 Å². The first-order valence-electron chi connectivity index (χ1n) is 4.88. The molecule has 0 fully saturated rings. The summed E-state index contributed by atoms with van der Waals surface area (Å²) < 4.78 is 24.0. The topological polar surface area (TPSA) is 42.6 Å². The summed E-state index contributed by atoms with van der Waals surface area (Å²) in [6, 6.07) is 5.93. The molecule has 0 bridgehead atoms. The van der Waals surface area contributed by atoms with Crippen molar-refractivity contribution in [2.24, 2.45) is 0 Å². The standard InChI is InChI=1S/C12H10BrFO3/c1-16-10-3-2-7(6-9(10)14)11(15)12-8(13)4-5-17-12/h2-6,11,15H,1H3. The van der Waals surface area contributed by atoms with Crippen LogP contribution in [0.15, 0.2) is 39.4 Å². The fraction of sp³-hybridized carbons (Fsp3) is 0.167. The minimum Gasteiger partial charge on any atom is -0.494 e. The molecule has 1 atom stereocenters. The third-order valence-electron chi connectivity index (χ3n) is 2.38. The maximum atomic E-state index is 13.5. The van der Waals surface area contributed by atoms with Crippen molar-refractivity contribution in [1.29, 1.82) is 0 Å². The summed E-state index contributed by atoms with van der Waals surface area (Å²) in [5.74, 6) is -0.0410. The zero-order valence-electron chi connectivity index (χ0n) is 8.98. The van der Waals surface area contributed by atoms with Crippen LogP contribution >= 0.6 is 15.9 Å². The highest BCUT2D eigenvalue weighted by Gasteiger charge is 2.18. The first-order chi connectivity index (χ1) is 8.13. The van der Waals surface area contributed by atoms with Crippen LogP contribution in [0.5, 0.6) is 5.75 Å². The van der Waals surface area contributed by atoms with Crippen LogP contribution in [0.1, 0.15) is 17.4 Å². The number of hydrogen-bond acceptors (Lipinski definition) is 3. The van der Waals surface area contributed by atoms with Gasteiger partial charge < -0.3 is 14.3 Å². The van der Waals surface area contributed by atoms with Gasteiger partial charge in [-0.25, -0.2) is 4.39 Å². The molecule has 0 aliphatic rings. The lowest BCUT2D eigenvalue weighted by atomic mass is 10.1. The molecule has 1 aromatic carbocycles. The van der Waals surface area contributed by atoms with E-state index < -0.39 is 11.9 Å². The molecular weight excluding hydrogens is 291 g/mol. The third-order valence-corrected chi connectivity index (χ3v) is 3.04. The lowest BCUT2D eigenvalue weighted by Gasteiger charge is -2.10. The Balaban J connectivity index is 2.35. The molecular formula is C12H10BrFO3. The average molecular weight is 301 g/mol. The Kier molecular flexibility index (Phi) is 3.49. The van der Waals surface area contributed by atoms with Crippen LogP contribution in [-0.2, 0) is 0 Å². The Morgan fingerprint density at radius 2 is 2.18 bits per heavy atom. The van der Waals surface area contributed by atoms with E-state index in [1.165, 1.54) is 25.5 Å². The second kappa shape index (κ2) is 4.89. The molecule has 1 N–H and O–H groups in total. The zero-order chi connectivity index (χ0) is 12.4. The van der Waals surface area contributed by atoms with Gasteiger partial charge in [-0.2, -0.15) is 0 Å². The van der Waals surface area contributed by atoms with E-state index >= 15 is 0 Å². The van der Waals surface area contributed by atoms with Gasteiger partial charge in [0, 0.05) is 0 Å². The minimum absolute atomic E-state index is 0.138. The monoisotopic (exact) mass is 300 g/mol. The Hall–Kier alpha value is -1.33. The van der Waals surface area contributed by atoms with Crippen LogP contribution in [0.2, 0.25) is 0 Å². The number of methoxy groups -OCH3 is 1. The van der Waals surface area contributed by atoms with E-state index in [1.807, 2.05) is 0 Å². The average Bonchev–Trinajstić information content (AvgIpc) is 2.74. The molecule has 0 aliphatic carbocycles. The number of furan rings is 1. The molecule has 2 rings (SSSR count). The lowest BCUT2D eigenvalue weighted by molar-refractivity contribution is 0.187. The van der Waals surface area contributed by atoms with Gasteiger partial charge in [0.15, 0.2) is 17.3 Å². The normalized spacial score (nSPS) is 12.5. The molecule has 5 heteroatoms. The van der Waals surface area contributed by atoms with Crippen LogP contribution in [0, 0.1) is 5.82 Å². The Bertz CT molecular complexity index is 524. The summed E-state index contributed by atoms with van der Waals surface area (Å²) in [7, 11) is 1.39. The Morgan fingerprint density at radius 3 is 2.71 bits per heavy atom. The summed E-state index contributed by atoms with van der Waals surface area (Å²) in [6.07, 6.45) is 0.433. The summed E-state index contributed by atoms with van der Waals surface area (Å²) in [5, 5.41) is 10.0. The fourth-order valence-electron chi connectivity index (χ4n) is 1.50. The summed E-state index contributed by atoms with van der Waals surface area (Å²) >= 11 is 3.24. The van der Waals surface area contributed by atoms with E-state index in [1.54, 1.807) is 12.1 Å². The van der Waals surface area contributed by atoms with E-state index in [-0.39, 0.29) is 5.75 Å². The first kappa shape index (κ1) is 12.1. The quantitative estimate of drug-likeness (QED) is 0.946. The molecule has 0 radical (unpaired) electrons. The molecule has 0 spiro atoms. The van der Waals surface area contributed by atoms with Gasteiger partial charge in [0.1, 0.15) is 6.10 Å². The second-order valence-electron chi connectivity index (χ2n) is 3.43. The second-order valence-corrected chi connectivity index (χ2v) is 4.28. The molecule has 1 aromatic heterocycles. The van der Waals surface area contributed by atoms with E-state index in [0.29, 0.717) is 15.8 Å². The van der Waals surface area contributed by atoms with Gasteiger partial charge >= 0.3 is 0 Å². The van der Waals surface area contributed by atoms with Crippen LogP contribution in [0.4, 0.5) is 4.39 Å². The molecule has 2 aromatic rings. The zero-order valence-corrected chi connectivity index (χ0v) is 10.6. The number of rotatable bonds is 3. The molecule has 90 valence electrons.